The zero-order valence-electron chi connectivity index (χ0n) is 19.5. The smallest absolute Gasteiger partial charge is 0.322 e. The Labute approximate surface area is 196 Å². The number of amides is 2. The number of carbonyl (C=O) groups is 5. The summed E-state index contributed by atoms with van der Waals surface area (Å²) in [6.45, 7) is 4.14. The second-order valence-electron chi connectivity index (χ2n) is 7.47. The van der Waals surface area contributed by atoms with Crippen LogP contribution in [0.15, 0.2) is 30.3 Å². The van der Waals surface area contributed by atoms with Crippen LogP contribution in [0.2, 0.25) is 0 Å². The van der Waals surface area contributed by atoms with Gasteiger partial charge in [0.15, 0.2) is 12.2 Å². The van der Waals surface area contributed by atoms with Crippen LogP contribution in [-0.4, -0.2) is 74.2 Å². The first-order valence-electron chi connectivity index (χ1n) is 10.4. The molecule has 12 nitrogen and oxygen atoms in total. The van der Waals surface area contributed by atoms with Crippen molar-refractivity contribution >= 4 is 35.6 Å². The summed E-state index contributed by atoms with van der Waals surface area (Å²) in [6, 6.07) is 6.73. The van der Waals surface area contributed by atoms with Crippen LogP contribution in [0.4, 0.5) is 10.5 Å². The van der Waals surface area contributed by atoms with Gasteiger partial charge in [-0.05, 0) is 12.1 Å². The Morgan fingerprint density at radius 1 is 0.853 bits per heavy atom. The number of nitrogens with zero attached hydrogens (tertiary/aromatic N) is 1. The van der Waals surface area contributed by atoms with E-state index >= 15 is 0 Å². The average molecular weight is 480 g/mol. The minimum atomic E-state index is -1.46. The number of para-hydroxylation sites is 1. The SMILES string of the molecule is CC(=O)OCC1OC(OC(C)=O)C(NC(=O)N(C)c2ccccc2)C(OC(C)=O)C1OC(C)=O. The minimum absolute atomic E-state index is 0.395. The highest BCUT2D eigenvalue weighted by Crippen LogP contribution is 2.28. The van der Waals surface area contributed by atoms with Crippen LogP contribution in [0.5, 0.6) is 0 Å². The predicted octanol–water partition coefficient (Wildman–Crippen LogP) is 0.916. The van der Waals surface area contributed by atoms with Crippen molar-refractivity contribution in [1.29, 1.82) is 0 Å². The van der Waals surface area contributed by atoms with E-state index in [0.29, 0.717) is 5.69 Å². The first-order chi connectivity index (χ1) is 16.0. The van der Waals surface area contributed by atoms with E-state index in [2.05, 4.69) is 5.32 Å². The van der Waals surface area contributed by atoms with Gasteiger partial charge in [0, 0.05) is 40.4 Å². The maximum Gasteiger partial charge on any atom is 0.322 e. The Balaban J connectivity index is 2.42. The predicted molar refractivity (Wildman–Crippen MR) is 115 cm³/mol. The maximum absolute atomic E-state index is 13.0. The molecule has 0 saturated carbocycles. The van der Waals surface area contributed by atoms with Crippen LogP contribution >= 0.6 is 0 Å². The lowest BCUT2D eigenvalue weighted by Crippen LogP contribution is -2.67. The number of urea groups is 1. The van der Waals surface area contributed by atoms with Gasteiger partial charge in [-0.3, -0.25) is 24.1 Å². The molecule has 1 aromatic rings. The molecule has 1 aliphatic rings. The Kier molecular flexibility index (Phi) is 9.36. The second-order valence-corrected chi connectivity index (χ2v) is 7.47. The molecule has 0 radical (unpaired) electrons. The lowest BCUT2D eigenvalue weighted by molar-refractivity contribution is -0.270. The molecule has 1 aromatic carbocycles. The fraction of sp³-hybridized carbons (Fsp3) is 0.500. The summed E-state index contributed by atoms with van der Waals surface area (Å²) in [5.74, 6) is -2.89. The monoisotopic (exact) mass is 480 g/mol. The zero-order chi connectivity index (χ0) is 25.4. The fourth-order valence-electron chi connectivity index (χ4n) is 3.33. The molecule has 12 heteroatoms. The number of nitrogens with one attached hydrogen (secondary N) is 1. The number of hydrogen-bond donors (Lipinski definition) is 1. The Morgan fingerprint density at radius 2 is 1.41 bits per heavy atom. The van der Waals surface area contributed by atoms with Gasteiger partial charge in [0.05, 0.1) is 0 Å². The molecule has 186 valence electrons. The lowest BCUT2D eigenvalue weighted by atomic mass is 9.96. The van der Waals surface area contributed by atoms with Crippen molar-refractivity contribution in [2.75, 3.05) is 18.6 Å². The number of hydrogen-bond acceptors (Lipinski definition) is 10. The molecule has 0 aromatic heterocycles. The summed E-state index contributed by atoms with van der Waals surface area (Å²) in [4.78, 5) is 61.1. The van der Waals surface area contributed by atoms with Crippen molar-refractivity contribution in [3.8, 4) is 0 Å². The topological polar surface area (TPSA) is 147 Å². The van der Waals surface area contributed by atoms with Gasteiger partial charge in [-0.2, -0.15) is 0 Å². The molecule has 0 aliphatic carbocycles. The number of benzene rings is 1. The van der Waals surface area contributed by atoms with Crippen LogP contribution in [0.25, 0.3) is 0 Å². The third-order valence-electron chi connectivity index (χ3n) is 4.72. The van der Waals surface area contributed by atoms with Crippen molar-refractivity contribution in [1.82, 2.24) is 5.32 Å². The van der Waals surface area contributed by atoms with E-state index in [4.69, 9.17) is 23.7 Å². The molecular formula is C22H28N2O10. The summed E-state index contributed by atoms with van der Waals surface area (Å²) >= 11 is 0. The first kappa shape index (κ1) is 26.6. The normalized spacial score (nSPS) is 23.7. The highest BCUT2D eigenvalue weighted by molar-refractivity contribution is 5.91. The molecule has 1 heterocycles. The van der Waals surface area contributed by atoms with Crippen LogP contribution in [0, 0.1) is 0 Å². The van der Waals surface area contributed by atoms with Crippen molar-refractivity contribution in [3.05, 3.63) is 30.3 Å². The number of esters is 4. The van der Waals surface area contributed by atoms with Gasteiger partial charge in [0.2, 0.25) is 6.29 Å². The summed E-state index contributed by atoms with van der Waals surface area (Å²) in [6.07, 6.45) is -5.25. The highest BCUT2D eigenvalue weighted by atomic mass is 16.7. The van der Waals surface area contributed by atoms with E-state index in [1.165, 1.54) is 18.9 Å². The summed E-state index contributed by atoms with van der Waals surface area (Å²) < 4.78 is 26.7. The Morgan fingerprint density at radius 3 is 1.94 bits per heavy atom. The highest BCUT2D eigenvalue weighted by Gasteiger charge is 2.52. The third-order valence-corrected chi connectivity index (χ3v) is 4.72. The lowest BCUT2D eigenvalue weighted by Gasteiger charge is -2.44. The summed E-state index contributed by atoms with van der Waals surface area (Å²) in [5.41, 5.74) is 0.550. The quantitative estimate of drug-likeness (QED) is 0.441. The molecule has 1 fully saturated rings. The fourth-order valence-corrected chi connectivity index (χ4v) is 3.33. The number of ether oxygens (including phenoxy) is 5. The van der Waals surface area contributed by atoms with Gasteiger partial charge >= 0.3 is 29.9 Å². The van der Waals surface area contributed by atoms with Gasteiger partial charge < -0.3 is 29.0 Å². The molecule has 1 N–H and O–H groups in total. The summed E-state index contributed by atoms with van der Waals surface area (Å²) in [5, 5.41) is 2.63. The van der Waals surface area contributed by atoms with E-state index in [-0.39, 0.29) is 0 Å². The average Bonchev–Trinajstić information content (AvgIpc) is 2.75. The molecule has 1 saturated heterocycles. The Bertz CT molecular complexity index is 906. The number of rotatable bonds is 7. The number of carbonyl (C=O) groups excluding carboxylic acids is 5. The molecule has 1 aliphatic heterocycles. The van der Waals surface area contributed by atoms with Gasteiger partial charge in [-0.1, -0.05) is 18.2 Å². The zero-order valence-corrected chi connectivity index (χ0v) is 19.5. The third kappa shape index (κ3) is 7.44. The molecule has 5 unspecified atom stereocenters. The first-order valence-corrected chi connectivity index (χ1v) is 10.4. The van der Waals surface area contributed by atoms with Crippen LogP contribution in [-0.2, 0) is 42.9 Å². The molecule has 2 amide bonds. The minimum Gasteiger partial charge on any atom is -0.463 e. The second kappa shape index (κ2) is 12.0. The molecule has 2 rings (SSSR count). The van der Waals surface area contributed by atoms with Crippen molar-refractivity contribution in [2.45, 2.75) is 58.3 Å². The molecule has 34 heavy (non-hydrogen) atoms. The largest absolute Gasteiger partial charge is 0.463 e. The molecule has 0 bridgehead atoms. The standard InChI is InChI=1S/C22H28N2O10/c1-12(25)30-11-17-19(31-13(2)26)20(32-14(3)27)18(21(34-17)33-15(4)28)23-22(29)24(5)16-9-7-6-8-10-16/h6-10,17-21H,11H2,1-5H3,(H,23,29). The molecular weight excluding hydrogens is 452 g/mol. The van der Waals surface area contributed by atoms with Gasteiger partial charge in [0.25, 0.3) is 0 Å². The number of anilines is 1. The van der Waals surface area contributed by atoms with E-state index in [1.54, 1.807) is 30.3 Å². The van der Waals surface area contributed by atoms with Gasteiger partial charge in [-0.25, -0.2) is 4.79 Å². The van der Waals surface area contributed by atoms with Crippen molar-refractivity contribution in [3.63, 3.8) is 0 Å². The molecule has 0 spiro atoms. The van der Waals surface area contributed by atoms with Crippen molar-refractivity contribution in [2.24, 2.45) is 0 Å². The van der Waals surface area contributed by atoms with E-state index < -0.39 is 67.2 Å². The van der Waals surface area contributed by atoms with E-state index in [0.717, 1.165) is 20.8 Å². The van der Waals surface area contributed by atoms with E-state index in [9.17, 15) is 24.0 Å². The van der Waals surface area contributed by atoms with Gasteiger partial charge in [-0.15, -0.1) is 0 Å². The van der Waals surface area contributed by atoms with Gasteiger partial charge in [0.1, 0.15) is 18.8 Å². The van der Waals surface area contributed by atoms with Crippen LogP contribution in [0.1, 0.15) is 27.7 Å². The summed E-state index contributed by atoms with van der Waals surface area (Å²) in [7, 11) is 1.50. The Hall–Kier alpha value is -3.67. The molecule has 5 atom stereocenters. The van der Waals surface area contributed by atoms with Crippen LogP contribution in [0.3, 0.4) is 0 Å². The van der Waals surface area contributed by atoms with Crippen LogP contribution < -0.4 is 10.2 Å². The maximum atomic E-state index is 13.0. The van der Waals surface area contributed by atoms with E-state index in [1.807, 2.05) is 0 Å². The van der Waals surface area contributed by atoms with Crippen molar-refractivity contribution < 1.29 is 47.7 Å².